The first-order valence-corrected chi connectivity index (χ1v) is 10.3. The number of thiophene rings is 1. The van der Waals surface area contributed by atoms with Gasteiger partial charge in [-0.2, -0.15) is 0 Å². The molecule has 1 N–H and O–H groups in total. The number of hydrogen-bond donors (Lipinski definition) is 1. The van der Waals surface area contributed by atoms with Crippen LogP contribution >= 0.6 is 11.3 Å². The van der Waals surface area contributed by atoms with Crippen molar-refractivity contribution in [2.45, 2.75) is 56.7 Å². The van der Waals surface area contributed by atoms with Crippen LogP contribution in [0.3, 0.4) is 0 Å². The molecule has 3 aliphatic rings. The molecule has 4 rings (SSSR count). The largest absolute Gasteiger partial charge is 0.362 e. The maximum atomic E-state index is 12.4. The Bertz CT molecular complexity index is 548. The third-order valence-corrected chi connectivity index (χ3v) is 6.71. The number of amides is 1. The first-order chi connectivity index (χ1) is 11.7. The van der Waals surface area contributed by atoms with Gasteiger partial charge in [0.05, 0.1) is 5.60 Å². The normalized spacial score (nSPS) is 26.8. The van der Waals surface area contributed by atoms with Crippen LogP contribution < -0.4 is 5.32 Å². The van der Waals surface area contributed by atoms with Crippen LogP contribution in [-0.2, 0) is 16.0 Å². The van der Waals surface area contributed by atoms with Crippen molar-refractivity contribution in [3.63, 3.8) is 0 Å². The first-order valence-electron chi connectivity index (χ1n) is 9.43. The molecule has 3 fully saturated rings. The van der Waals surface area contributed by atoms with E-state index in [1.165, 1.54) is 24.3 Å². The molecule has 3 heterocycles. The van der Waals surface area contributed by atoms with Crippen molar-refractivity contribution in [3.8, 4) is 0 Å². The van der Waals surface area contributed by atoms with Gasteiger partial charge < -0.3 is 15.0 Å². The Labute approximate surface area is 148 Å². The molecule has 2 saturated heterocycles. The molecule has 1 spiro atoms. The van der Waals surface area contributed by atoms with Gasteiger partial charge in [-0.05, 0) is 62.3 Å². The summed E-state index contributed by atoms with van der Waals surface area (Å²) in [6.07, 6.45) is 7.65. The Balaban J connectivity index is 1.20. The van der Waals surface area contributed by atoms with Crippen LogP contribution in [0.1, 0.15) is 43.4 Å². The molecular weight excluding hydrogens is 320 g/mol. The van der Waals surface area contributed by atoms with E-state index in [1.54, 1.807) is 11.3 Å². The van der Waals surface area contributed by atoms with E-state index in [0.717, 1.165) is 51.1 Å². The number of carbonyl (C=O) groups is 1. The van der Waals surface area contributed by atoms with Gasteiger partial charge in [-0.3, -0.25) is 4.79 Å². The highest BCUT2D eigenvalue weighted by Crippen LogP contribution is 2.40. The van der Waals surface area contributed by atoms with Crippen molar-refractivity contribution in [1.29, 1.82) is 0 Å². The predicted molar refractivity (Wildman–Crippen MR) is 96.3 cm³/mol. The quantitative estimate of drug-likeness (QED) is 0.859. The van der Waals surface area contributed by atoms with Crippen LogP contribution in [0.2, 0.25) is 0 Å². The van der Waals surface area contributed by atoms with Gasteiger partial charge in [-0.15, -0.1) is 11.3 Å². The number of rotatable bonds is 6. The Morgan fingerprint density at radius 3 is 2.83 bits per heavy atom. The van der Waals surface area contributed by atoms with Gasteiger partial charge in [-0.1, -0.05) is 6.07 Å². The molecule has 1 atom stereocenters. The molecule has 0 unspecified atom stereocenters. The van der Waals surface area contributed by atoms with E-state index in [0.29, 0.717) is 6.54 Å². The zero-order chi connectivity index (χ0) is 16.4. The third kappa shape index (κ3) is 4.01. The highest BCUT2D eigenvalue weighted by molar-refractivity contribution is 7.09. The summed E-state index contributed by atoms with van der Waals surface area (Å²) in [5, 5.41) is 5.14. The van der Waals surface area contributed by atoms with Gasteiger partial charge in [0.15, 0.2) is 0 Å². The fourth-order valence-electron chi connectivity index (χ4n) is 4.05. The van der Waals surface area contributed by atoms with Gasteiger partial charge in [0.25, 0.3) is 0 Å². The number of hydrogen-bond acceptors (Lipinski definition) is 4. The molecule has 1 aromatic heterocycles. The summed E-state index contributed by atoms with van der Waals surface area (Å²) >= 11 is 1.75. The lowest BCUT2D eigenvalue weighted by Crippen LogP contribution is -2.46. The number of ether oxygens (including phenoxy) is 1. The molecule has 2 aliphatic heterocycles. The minimum Gasteiger partial charge on any atom is -0.362 e. The van der Waals surface area contributed by atoms with E-state index >= 15 is 0 Å². The van der Waals surface area contributed by atoms with Crippen molar-refractivity contribution in [2.24, 2.45) is 5.92 Å². The predicted octanol–water partition coefficient (Wildman–Crippen LogP) is 2.83. The van der Waals surface area contributed by atoms with Gasteiger partial charge in [0.1, 0.15) is 6.10 Å². The molecule has 0 bridgehead atoms. The topological polar surface area (TPSA) is 41.6 Å². The van der Waals surface area contributed by atoms with E-state index in [1.807, 2.05) is 0 Å². The lowest BCUT2D eigenvalue weighted by molar-refractivity contribution is -0.140. The third-order valence-electron chi connectivity index (χ3n) is 5.78. The van der Waals surface area contributed by atoms with Crippen LogP contribution in [-0.4, -0.2) is 48.7 Å². The van der Waals surface area contributed by atoms with Gasteiger partial charge in [0.2, 0.25) is 5.91 Å². The number of nitrogens with zero attached hydrogens (tertiary/aromatic N) is 1. The Kier molecular flexibility index (Phi) is 4.93. The molecule has 1 aliphatic carbocycles. The molecule has 0 aromatic carbocycles. The van der Waals surface area contributed by atoms with Crippen molar-refractivity contribution < 1.29 is 9.53 Å². The second-order valence-corrected chi connectivity index (χ2v) is 8.72. The van der Waals surface area contributed by atoms with Crippen LogP contribution in [0.4, 0.5) is 0 Å². The number of nitrogens with one attached hydrogen (secondary N) is 1. The highest BCUT2D eigenvalue weighted by Gasteiger charge is 2.44. The average Bonchev–Trinajstić information content (AvgIpc) is 3.09. The lowest BCUT2D eigenvalue weighted by atomic mass is 9.88. The van der Waals surface area contributed by atoms with Crippen LogP contribution in [0.15, 0.2) is 17.5 Å². The molecule has 5 heteroatoms. The number of carbonyl (C=O) groups excluding carboxylic acids is 1. The molecule has 1 amide bonds. The smallest absolute Gasteiger partial charge is 0.249 e. The Hall–Kier alpha value is -0.910. The second-order valence-electron chi connectivity index (χ2n) is 7.69. The molecule has 4 nitrogen and oxygen atoms in total. The average molecular weight is 349 g/mol. The van der Waals surface area contributed by atoms with Crippen molar-refractivity contribution in [3.05, 3.63) is 22.4 Å². The van der Waals surface area contributed by atoms with Crippen molar-refractivity contribution in [1.82, 2.24) is 10.2 Å². The molecule has 132 valence electrons. The lowest BCUT2D eigenvalue weighted by Gasteiger charge is -2.39. The number of likely N-dealkylation sites (tertiary alicyclic amines) is 1. The minimum absolute atomic E-state index is 0.0180. The summed E-state index contributed by atoms with van der Waals surface area (Å²) in [5.41, 5.74) is -0.0180. The fraction of sp³-hybridized carbons (Fsp3) is 0.737. The van der Waals surface area contributed by atoms with E-state index in [2.05, 4.69) is 27.7 Å². The van der Waals surface area contributed by atoms with Crippen molar-refractivity contribution in [2.75, 3.05) is 26.2 Å². The van der Waals surface area contributed by atoms with Crippen LogP contribution in [0.25, 0.3) is 0 Å². The van der Waals surface area contributed by atoms with E-state index < -0.39 is 0 Å². The SMILES string of the molecule is O=C(NCCc1cccs1)[C@H]1CCC2(CCN(CC3CC3)CC2)O1. The minimum atomic E-state index is -0.233. The Morgan fingerprint density at radius 1 is 1.29 bits per heavy atom. The second kappa shape index (κ2) is 7.14. The maximum Gasteiger partial charge on any atom is 0.249 e. The highest BCUT2D eigenvalue weighted by atomic mass is 32.1. The van der Waals surface area contributed by atoms with Crippen molar-refractivity contribution >= 4 is 17.2 Å². The van der Waals surface area contributed by atoms with Gasteiger partial charge in [0, 0.05) is 31.1 Å². The van der Waals surface area contributed by atoms with E-state index in [4.69, 9.17) is 4.74 Å². The Morgan fingerprint density at radius 2 is 2.12 bits per heavy atom. The van der Waals surface area contributed by atoms with Crippen LogP contribution in [0, 0.1) is 5.92 Å². The molecular formula is C19H28N2O2S. The van der Waals surface area contributed by atoms with E-state index in [9.17, 15) is 4.79 Å². The summed E-state index contributed by atoms with van der Waals surface area (Å²) in [5.74, 6) is 1.05. The molecule has 1 saturated carbocycles. The molecule has 0 radical (unpaired) electrons. The van der Waals surface area contributed by atoms with E-state index in [-0.39, 0.29) is 17.6 Å². The van der Waals surface area contributed by atoms with Gasteiger partial charge >= 0.3 is 0 Å². The fourth-order valence-corrected chi connectivity index (χ4v) is 4.76. The zero-order valence-corrected chi connectivity index (χ0v) is 15.2. The summed E-state index contributed by atoms with van der Waals surface area (Å²) in [6.45, 7) is 4.27. The maximum absolute atomic E-state index is 12.4. The summed E-state index contributed by atoms with van der Waals surface area (Å²) in [7, 11) is 0. The van der Waals surface area contributed by atoms with Crippen LogP contribution in [0.5, 0.6) is 0 Å². The number of piperidine rings is 1. The molecule has 24 heavy (non-hydrogen) atoms. The summed E-state index contributed by atoms with van der Waals surface area (Å²) in [6, 6.07) is 4.18. The summed E-state index contributed by atoms with van der Waals surface area (Å²) in [4.78, 5) is 16.3. The zero-order valence-electron chi connectivity index (χ0n) is 14.3. The van der Waals surface area contributed by atoms with Gasteiger partial charge in [-0.25, -0.2) is 0 Å². The molecule has 1 aromatic rings. The summed E-state index contributed by atoms with van der Waals surface area (Å²) < 4.78 is 6.27. The monoisotopic (exact) mass is 348 g/mol. The first kappa shape index (κ1) is 16.6. The standard InChI is InChI=1S/C19H28N2O2S/c22-18(20-10-6-16-2-1-13-24-16)17-5-7-19(23-17)8-11-21(12-9-19)14-15-3-4-15/h1-2,13,15,17H,3-12,14H2,(H,20,22)/t17-/m1/s1.